The van der Waals surface area contributed by atoms with Crippen LogP contribution in [0.4, 0.5) is 13.2 Å². The molecule has 1 aromatic heterocycles. The van der Waals surface area contributed by atoms with E-state index in [4.69, 9.17) is 16.3 Å². The minimum absolute atomic E-state index is 0.101. The highest BCUT2D eigenvalue weighted by Gasteiger charge is 2.33. The lowest BCUT2D eigenvalue weighted by Gasteiger charge is -2.10. The molecule has 0 N–H and O–H groups in total. The van der Waals surface area contributed by atoms with Gasteiger partial charge in [-0.3, -0.25) is 0 Å². The predicted octanol–water partition coefficient (Wildman–Crippen LogP) is 5.03. The fourth-order valence-corrected chi connectivity index (χ4v) is 3.93. The van der Waals surface area contributed by atoms with Crippen LogP contribution in [0.3, 0.4) is 0 Å². The van der Waals surface area contributed by atoms with E-state index in [2.05, 4.69) is 10.1 Å². The van der Waals surface area contributed by atoms with Gasteiger partial charge in [-0.2, -0.15) is 26.6 Å². The van der Waals surface area contributed by atoms with Crippen molar-refractivity contribution in [2.24, 2.45) is 0 Å². The van der Waals surface area contributed by atoms with Crippen molar-refractivity contribution in [1.29, 1.82) is 0 Å². The number of hydrogen-bond donors (Lipinski definition) is 0. The Morgan fingerprint density at radius 2 is 1.83 bits per heavy atom. The molecule has 0 bridgehead atoms. The average molecular weight is 460 g/mol. The number of benzene rings is 2. The van der Waals surface area contributed by atoms with E-state index in [9.17, 15) is 21.6 Å². The lowest BCUT2D eigenvalue weighted by atomic mass is 10.2. The van der Waals surface area contributed by atoms with Gasteiger partial charge < -0.3 is 4.74 Å². The third kappa shape index (κ3) is 4.76. The molecule has 0 atom stereocenters. The summed E-state index contributed by atoms with van der Waals surface area (Å²) < 4.78 is 71.4. The van der Waals surface area contributed by atoms with E-state index in [0.29, 0.717) is 27.2 Å². The maximum atomic E-state index is 13.1. The summed E-state index contributed by atoms with van der Waals surface area (Å²) in [7, 11) is -4.49. The van der Waals surface area contributed by atoms with Crippen LogP contribution < -0.4 is 4.74 Å². The second kappa shape index (κ2) is 8.65. The number of unbranched alkanes of at least 4 members (excludes halogenated alkanes) is 1. The zero-order chi connectivity index (χ0) is 21.9. The number of aromatic nitrogens is 3. The van der Waals surface area contributed by atoms with Gasteiger partial charge in [-0.25, -0.2) is 0 Å². The van der Waals surface area contributed by atoms with Gasteiger partial charge in [0.05, 0.1) is 17.1 Å². The molecule has 0 aliphatic carbocycles. The largest absolute Gasteiger partial charge is 0.462 e. The molecule has 0 aliphatic rings. The van der Waals surface area contributed by atoms with Crippen LogP contribution in [0.15, 0.2) is 53.4 Å². The number of rotatable bonds is 7. The predicted molar refractivity (Wildman–Crippen MR) is 105 cm³/mol. The van der Waals surface area contributed by atoms with E-state index in [1.807, 2.05) is 6.92 Å². The topological polar surface area (TPSA) is 74.1 Å². The van der Waals surface area contributed by atoms with Crippen molar-refractivity contribution in [3.63, 3.8) is 0 Å². The van der Waals surface area contributed by atoms with E-state index in [1.54, 1.807) is 0 Å². The third-order valence-corrected chi connectivity index (χ3v) is 5.89. The fraction of sp³-hybridized carbons (Fsp3) is 0.263. The molecular weight excluding hydrogens is 443 g/mol. The molecule has 2 aromatic carbocycles. The molecule has 6 nitrogen and oxygen atoms in total. The highest BCUT2D eigenvalue weighted by atomic mass is 35.5. The van der Waals surface area contributed by atoms with Gasteiger partial charge in [0.15, 0.2) is 5.82 Å². The van der Waals surface area contributed by atoms with Gasteiger partial charge in [0.1, 0.15) is 0 Å². The molecule has 3 aromatic rings. The Bertz CT molecular complexity index is 1130. The molecule has 11 heteroatoms. The highest BCUT2D eigenvalue weighted by molar-refractivity contribution is 7.90. The van der Waals surface area contributed by atoms with Gasteiger partial charge in [0.2, 0.25) is 0 Å². The smallest absolute Gasteiger partial charge is 0.416 e. The van der Waals surface area contributed by atoms with E-state index in [0.717, 1.165) is 24.6 Å². The molecule has 160 valence electrons. The molecule has 0 saturated heterocycles. The lowest BCUT2D eigenvalue weighted by Crippen LogP contribution is -2.17. The molecule has 30 heavy (non-hydrogen) atoms. The molecule has 0 amide bonds. The minimum atomic E-state index is -4.69. The van der Waals surface area contributed by atoms with E-state index in [1.165, 1.54) is 24.3 Å². The lowest BCUT2D eigenvalue weighted by molar-refractivity contribution is -0.137. The number of ether oxygens (including phenoxy) is 1. The summed E-state index contributed by atoms with van der Waals surface area (Å²) in [5.41, 5.74) is -0.732. The maximum absolute atomic E-state index is 13.1. The van der Waals surface area contributed by atoms with Crippen molar-refractivity contribution in [2.75, 3.05) is 6.61 Å². The summed E-state index contributed by atoms with van der Waals surface area (Å²) in [4.78, 5) is 3.56. The quantitative estimate of drug-likeness (QED) is 0.463. The maximum Gasteiger partial charge on any atom is 0.416 e. The van der Waals surface area contributed by atoms with Gasteiger partial charge in [0.25, 0.3) is 10.0 Å². The standard InChI is InChI=1S/C19H17ClF3N3O3S/c1-2-3-11-29-18-24-17(13-7-9-15(20)10-8-13)26(25-18)30(27,28)16-6-4-5-14(12-16)19(21,22)23/h4-10,12H,2-3,11H2,1H3. The van der Waals surface area contributed by atoms with Gasteiger partial charge in [-0.05, 0) is 48.9 Å². The first-order valence-corrected chi connectivity index (χ1v) is 10.7. The van der Waals surface area contributed by atoms with Crippen molar-refractivity contribution in [3.8, 4) is 17.4 Å². The molecule has 3 rings (SSSR count). The SMILES string of the molecule is CCCCOc1nc(-c2ccc(Cl)cc2)n(S(=O)(=O)c2cccc(C(F)(F)F)c2)n1. The summed E-state index contributed by atoms with van der Waals surface area (Å²) in [5, 5.41) is 4.32. The Hall–Kier alpha value is -2.59. The Morgan fingerprint density at radius 1 is 1.13 bits per heavy atom. The minimum Gasteiger partial charge on any atom is -0.462 e. The van der Waals surface area contributed by atoms with Crippen molar-refractivity contribution in [3.05, 3.63) is 59.1 Å². The van der Waals surface area contributed by atoms with Crippen molar-refractivity contribution < 1.29 is 26.3 Å². The Kier molecular flexibility index (Phi) is 6.37. The molecule has 1 heterocycles. The van der Waals surface area contributed by atoms with Crippen LogP contribution in [0.25, 0.3) is 11.4 Å². The van der Waals surface area contributed by atoms with Gasteiger partial charge in [-0.15, -0.1) is 4.09 Å². The number of alkyl halides is 3. The van der Waals surface area contributed by atoms with Crippen LogP contribution in [0.1, 0.15) is 25.3 Å². The van der Waals surface area contributed by atoms with Crippen LogP contribution in [-0.2, 0) is 16.2 Å². The first kappa shape index (κ1) is 22.1. The van der Waals surface area contributed by atoms with E-state index in [-0.39, 0.29) is 18.4 Å². The van der Waals surface area contributed by atoms with E-state index < -0.39 is 26.7 Å². The van der Waals surface area contributed by atoms with Crippen LogP contribution in [-0.4, -0.2) is 29.2 Å². The third-order valence-electron chi connectivity index (χ3n) is 4.08. The molecule has 0 unspecified atom stereocenters. The van der Waals surface area contributed by atoms with Gasteiger partial charge >= 0.3 is 12.2 Å². The number of halogens is 4. The van der Waals surface area contributed by atoms with Crippen molar-refractivity contribution in [2.45, 2.75) is 30.8 Å². The average Bonchev–Trinajstić information content (AvgIpc) is 3.13. The number of nitrogens with zero attached hydrogens (tertiary/aromatic N) is 3. The summed E-state index contributed by atoms with van der Waals surface area (Å²) in [5.74, 6) is -0.101. The van der Waals surface area contributed by atoms with Crippen LogP contribution in [0.2, 0.25) is 5.02 Å². The normalized spacial score (nSPS) is 12.2. The Labute approximate surface area is 176 Å². The van der Waals surface area contributed by atoms with Crippen molar-refractivity contribution >= 4 is 21.6 Å². The summed E-state index contributed by atoms with van der Waals surface area (Å²) >= 11 is 5.88. The van der Waals surface area contributed by atoms with Crippen LogP contribution in [0.5, 0.6) is 6.01 Å². The fourth-order valence-electron chi connectivity index (χ4n) is 2.52. The van der Waals surface area contributed by atoms with E-state index >= 15 is 0 Å². The highest BCUT2D eigenvalue weighted by Crippen LogP contribution is 2.32. The first-order valence-electron chi connectivity index (χ1n) is 8.91. The summed E-state index contributed by atoms with van der Waals surface area (Å²) in [6, 6.07) is 9.36. The number of hydrogen-bond acceptors (Lipinski definition) is 5. The Morgan fingerprint density at radius 3 is 2.47 bits per heavy atom. The molecule has 0 fully saturated rings. The summed E-state index contributed by atoms with van der Waals surface area (Å²) in [6.07, 6.45) is -3.15. The molecular formula is C19H17ClF3N3O3S. The van der Waals surface area contributed by atoms with Crippen LogP contribution >= 0.6 is 11.6 Å². The second-order valence-corrected chi connectivity index (χ2v) is 8.50. The zero-order valence-electron chi connectivity index (χ0n) is 15.7. The van der Waals surface area contributed by atoms with Gasteiger partial charge in [0, 0.05) is 10.6 Å². The Balaban J connectivity index is 2.11. The molecule has 0 aliphatic heterocycles. The molecule has 0 spiro atoms. The summed E-state index contributed by atoms with van der Waals surface area (Å²) in [6.45, 7) is 2.22. The molecule has 0 radical (unpaired) electrons. The van der Waals surface area contributed by atoms with Gasteiger partial charge in [-0.1, -0.05) is 36.1 Å². The molecule has 0 saturated carbocycles. The monoisotopic (exact) mass is 459 g/mol. The van der Waals surface area contributed by atoms with Crippen molar-refractivity contribution in [1.82, 2.24) is 14.2 Å². The van der Waals surface area contributed by atoms with Crippen LogP contribution in [0, 0.1) is 0 Å². The first-order chi connectivity index (χ1) is 14.1. The zero-order valence-corrected chi connectivity index (χ0v) is 17.3. The second-order valence-electron chi connectivity index (χ2n) is 6.30.